The summed E-state index contributed by atoms with van der Waals surface area (Å²) in [5.41, 5.74) is 0.319. The number of hydrogen-bond donors (Lipinski definition) is 1. The number of carbonyl (C=O) groups is 1. The third kappa shape index (κ3) is 5.45. The number of amides is 1. The summed E-state index contributed by atoms with van der Waals surface area (Å²) >= 11 is 0. The Hall–Kier alpha value is -2.28. The Morgan fingerprint density at radius 1 is 1.04 bits per heavy atom. The fourth-order valence-electron chi connectivity index (χ4n) is 1.96. The molecule has 1 N–H and O–H groups in total. The minimum atomic E-state index is -3.63. The summed E-state index contributed by atoms with van der Waals surface area (Å²) in [4.78, 5) is 11.7. The van der Waals surface area contributed by atoms with Gasteiger partial charge in [-0.3, -0.25) is 4.79 Å². The monoisotopic (exact) mass is 339 g/mol. The normalized spacial score (nSPS) is 11.2. The van der Waals surface area contributed by atoms with Crippen molar-refractivity contribution in [1.29, 1.82) is 0 Å². The Bertz CT molecular complexity index is 806. The zero-order valence-electron chi connectivity index (χ0n) is 12.1. The molecule has 0 saturated carbocycles. The van der Waals surface area contributed by atoms with Gasteiger partial charge in [-0.05, 0) is 24.3 Å². The van der Waals surface area contributed by atoms with Gasteiger partial charge >= 0.3 is 0 Å². The quantitative estimate of drug-likeness (QED) is 0.880. The van der Waals surface area contributed by atoms with Crippen LogP contribution in [0.2, 0.25) is 0 Å². The molecule has 0 heterocycles. The van der Waals surface area contributed by atoms with Crippen molar-refractivity contribution in [3.05, 3.63) is 65.7 Å². The summed E-state index contributed by atoms with van der Waals surface area (Å²) in [6, 6.07) is 10.9. The lowest BCUT2D eigenvalue weighted by Crippen LogP contribution is -2.18. The van der Waals surface area contributed by atoms with Gasteiger partial charge in [-0.1, -0.05) is 24.3 Å². The highest BCUT2D eigenvalue weighted by Gasteiger charge is 2.16. The first kappa shape index (κ1) is 17.1. The summed E-state index contributed by atoms with van der Waals surface area (Å²) < 4.78 is 50.4. The van der Waals surface area contributed by atoms with Gasteiger partial charge in [0.25, 0.3) is 0 Å². The number of benzene rings is 2. The summed E-state index contributed by atoms with van der Waals surface area (Å²) in [5.74, 6) is -2.53. The Balaban J connectivity index is 1.91. The van der Waals surface area contributed by atoms with E-state index in [1.165, 1.54) is 36.4 Å². The van der Waals surface area contributed by atoms with E-state index < -0.39 is 38.9 Å². The molecule has 0 radical (unpaired) electrons. The van der Waals surface area contributed by atoms with Crippen LogP contribution < -0.4 is 5.32 Å². The van der Waals surface area contributed by atoms with Gasteiger partial charge in [-0.15, -0.1) is 0 Å². The molecule has 122 valence electrons. The lowest BCUT2D eigenvalue weighted by molar-refractivity contribution is -0.115. The predicted molar refractivity (Wildman–Crippen MR) is 83.5 cm³/mol. The minimum absolute atomic E-state index is 0.0676. The summed E-state index contributed by atoms with van der Waals surface area (Å²) in [5, 5.41) is 2.41. The van der Waals surface area contributed by atoms with Crippen molar-refractivity contribution in [2.24, 2.45) is 0 Å². The molecule has 2 aromatic rings. The van der Waals surface area contributed by atoms with E-state index in [4.69, 9.17) is 0 Å². The lowest BCUT2D eigenvalue weighted by Gasteiger charge is -2.07. The van der Waals surface area contributed by atoms with Crippen LogP contribution in [0.25, 0.3) is 0 Å². The highest BCUT2D eigenvalue weighted by Crippen LogP contribution is 2.13. The number of nitrogens with one attached hydrogen (secondary N) is 1. The van der Waals surface area contributed by atoms with Crippen LogP contribution in [-0.2, 0) is 20.4 Å². The number of sulfone groups is 1. The molecule has 4 nitrogen and oxygen atoms in total. The van der Waals surface area contributed by atoms with E-state index >= 15 is 0 Å². The van der Waals surface area contributed by atoms with Crippen LogP contribution in [0, 0.1) is 11.6 Å². The van der Waals surface area contributed by atoms with Crippen LogP contribution in [0.3, 0.4) is 0 Å². The average Bonchev–Trinajstić information content (AvgIpc) is 2.48. The van der Waals surface area contributed by atoms with E-state index in [2.05, 4.69) is 5.32 Å². The third-order valence-electron chi connectivity index (χ3n) is 3.08. The SMILES string of the molecule is O=C(CCS(=O)(=O)Cc1ccccc1F)Nc1cccc(F)c1. The molecule has 23 heavy (non-hydrogen) atoms. The Kier molecular flexibility index (Phi) is 5.44. The van der Waals surface area contributed by atoms with Gasteiger partial charge in [0, 0.05) is 17.7 Å². The predicted octanol–water partition coefficient (Wildman–Crippen LogP) is 2.91. The minimum Gasteiger partial charge on any atom is -0.326 e. The molecule has 0 aliphatic heterocycles. The molecule has 2 aromatic carbocycles. The number of hydrogen-bond acceptors (Lipinski definition) is 3. The summed E-state index contributed by atoms with van der Waals surface area (Å²) in [6.45, 7) is 0. The second kappa shape index (κ2) is 7.32. The highest BCUT2D eigenvalue weighted by atomic mass is 32.2. The maximum absolute atomic E-state index is 13.5. The van der Waals surface area contributed by atoms with Crippen molar-refractivity contribution in [2.45, 2.75) is 12.2 Å². The van der Waals surface area contributed by atoms with Gasteiger partial charge in [0.2, 0.25) is 5.91 Å². The topological polar surface area (TPSA) is 63.2 Å². The first-order chi connectivity index (χ1) is 10.9. The first-order valence-corrected chi connectivity index (χ1v) is 8.67. The standard InChI is InChI=1S/C16H15F2NO3S/c17-13-5-3-6-14(10-13)19-16(20)8-9-23(21,22)11-12-4-1-2-7-15(12)18/h1-7,10H,8-9,11H2,(H,19,20). The van der Waals surface area contributed by atoms with Crippen molar-refractivity contribution in [1.82, 2.24) is 0 Å². The molecule has 0 unspecified atom stereocenters. The maximum atomic E-state index is 13.5. The van der Waals surface area contributed by atoms with E-state index in [9.17, 15) is 22.0 Å². The molecule has 0 aliphatic carbocycles. The van der Waals surface area contributed by atoms with Crippen LogP contribution in [-0.4, -0.2) is 20.1 Å². The van der Waals surface area contributed by atoms with Gasteiger partial charge in [0.15, 0.2) is 9.84 Å². The smallest absolute Gasteiger partial charge is 0.225 e. The highest BCUT2D eigenvalue weighted by molar-refractivity contribution is 7.90. The van der Waals surface area contributed by atoms with Crippen LogP contribution in [0.15, 0.2) is 48.5 Å². The van der Waals surface area contributed by atoms with Crippen LogP contribution in [0.4, 0.5) is 14.5 Å². The fraction of sp³-hybridized carbons (Fsp3) is 0.188. The largest absolute Gasteiger partial charge is 0.326 e. The van der Waals surface area contributed by atoms with Crippen LogP contribution >= 0.6 is 0 Å². The third-order valence-corrected chi connectivity index (χ3v) is 4.66. The number of halogens is 2. The zero-order valence-corrected chi connectivity index (χ0v) is 12.9. The molecule has 0 bridgehead atoms. The van der Waals surface area contributed by atoms with Gasteiger partial charge in [-0.25, -0.2) is 17.2 Å². The molecule has 0 fully saturated rings. The number of rotatable bonds is 6. The van der Waals surface area contributed by atoms with Gasteiger partial charge in [-0.2, -0.15) is 0 Å². The molecule has 0 spiro atoms. The van der Waals surface area contributed by atoms with Gasteiger partial charge in [0.1, 0.15) is 11.6 Å². The summed E-state index contributed by atoms with van der Waals surface area (Å²) in [7, 11) is -3.63. The van der Waals surface area contributed by atoms with E-state index in [-0.39, 0.29) is 17.7 Å². The Morgan fingerprint density at radius 3 is 2.48 bits per heavy atom. The molecule has 7 heteroatoms. The molecular weight excluding hydrogens is 324 g/mol. The lowest BCUT2D eigenvalue weighted by atomic mass is 10.2. The molecule has 0 aliphatic rings. The molecule has 2 rings (SSSR count). The Morgan fingerprint density at radius 2 is 1.78 bits per heavy atom. The van der Waals surface area contributed by atoms with E-state index in [0.29, 0.717) is 0 Å². The second-order valence-electron chi connectivity index (χ2n) is 4.99. The number of anilines is 1. The van der Waals surface area contributed by atoms with Crippen molar-refractivity contribution < 1.29 is 22.0 Å². The molecule has 0 aromatic heterocycles. The Labute approximate surface area is 133 Å². The van der Waals surface area contributed by atoms with Crippen molar-refractivity contribution in [2.75, 3.05) is 11.1 Å². The van der Waals surface area contributed by atoms with Crippen molar-refractivity contribution in [3.63, 3.8) is 0 Å². The second-order valence-corrected chi connectivity index (χ2v) is 7.18. The van der Waals surface area contributed by atoms with E-state index in [1.807, 2.05) is 0 Å². The van der Waals surface area contributed by atoms with Crippen molar-refractivity contribution in [3.8, 4) is 0 Å². The van der Waals surface area contributed by atoms with Gasteiger partial charge < -0.3 is 5.32 Å². The van der Waals surface area contributed by atoms with E-state index in [1.54, 1.807) is 6.07 Å². The summed E-state index contributed by atoms with van der Waals surface area (Å²) in [6.07, 6.45) is -0.284. The van der Waals surface area contributed by atoms with Crippen LogP contribution in [0.5, 0.6) is 0 Å². The average molecular weight is 339 g/mol. The zero-order chi connectivity index (χ0) is 16.9. The molecular formula is C16H15F2NO3S. The van der Waals surface area contributed by atoms with Crippen molar-refractivity contribution >= 4 is 21.4 Å². The molecule has 0 saturated heterocycles. The maximum Gasteiger partial charge on any atom is 0.225 e. The first-order valence-electron chi connectivity index (χ1n) is 6.85. The molecule has 1 amide bonds. The van der Waals surface area contributed by atoms with E-state index in [0.717, 1.165) is 6.07 Å². The van der Waals surface area contributed by atoms with Gasteiger partial charge in [0.05, 0.1) is 11.5 Å². The fourth-order valence-corrected chi connectivity index (χ4v) is 3.31. The number of carbonyl (C=O) groups excluding carboxylic acids is 1. The molecule has 0 atom stereocenters. The van der Waals surface area contributed by atoms with Crippen LogP contribution in [0.1, 0.15) is 12.0 Å².